The highest BCUT2D eigenvalue weighted by molar-refractivity contribution is 7.92. The number of sulfonamides is 1. The Balaban J connectivity index is 1.55. The van der Waals surface area contributed by atoms with E-state index < -0.39 is 10.0 Å². The summed E-state index contributed by atoms with van der Waals surface area (Å²) in [6.07, 6.45) is 2.17. The normalized spacial score (nSPS) is 11.1. The standard InChI is InChI=1S/C26H30N2O4S/c1-4-21-10-14-25(15-11-21)32-17-16-27-26(29)23-12-8-22(9-13-23)19-28(33(3,30)31)24-7-5-6-20(2)18-24/h5-15,18H,4,16-17,19H2,1-3H3,(H,27,29). The van der Waals surface area contributed by atoms with Crippen molar-refractivity contribution in [2.24, 2.45) is 0 Å². The fourth-order valence-corrected chi connectivity index (χ4v) is 4.25. The smallest absolute Gasteiger partial charge is 0.251 e. The maximum atomic E-state index is 12.4. The molecule has 0 aromatic heterocycles. The first-order valence-corrected chi connectivity index (χ1v) is 12.7. The fraction of sp³-hybridized carbons (Fsp3) is 0.269. The van der Waals surface area contributed by atoms with E-state index >= 15 is 0 Å². The highest BCUT2D eigenvalue weighted by Gasteiger charge is 2.18. The summed E-state index contributed by atoms with van der Waals surface area (Å²) in [4.78, 5) is 12.4. The van der Waals surface area contributed by atoms with E-state index in [-0.39, 0.29) is 12.5 Å². The molecule has 1 amide bonds. The van der Waals surface area contributed by atoms with Crippen LogP contribution in [-0.4, -0.2) is 33.7 Å². The third-order valence-corrected chi connectivity index (χ3v) is 6.36. The van der Waals surface area contributed by atoms with E-state index in [0.29, 0.717) is 24.4 Å². The Hall–Kier alpha value is -3.32. The minimum Gasteiger partial charge on any atom is -0.492 e. The molecule has 7 heteroatoms. The van der Waals surface area contributed by atoms with Crippen molar-refractivity contribution in [3.63, 3.8) is 0 Å². The maximum absolute atomic E-state index is 12.4. The summed E-state index contributed by atoms with van der Waals surface area (Å²) in [5, 5.41) is 2.84. The van der Waals surface area contributed by atoms with Crippen molar-refractivity contribution in [1.82, 2.24) is 5.32 Å². The highest BCUT2D eigenvalue weighted by Crippen LogP contribution is 2.22. The molecule has 0 radical (unpaired) electrons. The number of nitrogens with one attached hydrogen (secondary N) is 1. The lowest BCUT2D eigenvalue weighted by atomic mass is 10.1. The summed E-state index contributed by atoms with van der Waals surface area (Å²) in [6.45, 7) is 4.96. The SMILES string of the molecule is CCc1ccc(OCCNC(=O)c2ccc(CN(c3cccc(C)c3)S(C)(=O)=O)cc2)cc1. The van der Waals surface area contributed by atoms with Crippen molar-refractivity contribution in [2.75, 3.05) is 23.7 Å². The van der Waals surface area contributed by atoms with Gasteiger partial charge in [-0.2, -0.15) is 0 Å². The quantitative estimate of drug-likeness (QED) is 0.451. The van der Waals surface area contributed by atoms with Gasteiger partial charge in [-0.15, -0.1) is 0 Å². The van der Waals surface area contributed by atoms with Gasteiger partial charge in [0.1, 0.15) is 12.4 Å². The molecule has 0 heterocycles. The number of ether oxygens (including phenoxy) is 1. The van der Waals surface area contributed by atoms with Crippen LogP contribution in [0, 0.1) is 6.92 Å². The lowest BCUT2D eigenvalue weighted by molar-refractivity contribution is 0.0947. The second-order valence-electron chi connectivity index (χ2n) is 7.91. The number of benzene rings is 3. The molecule has 6 nitrogen and oxygen atoms in total. The van der Waals surface area contributed by atoms with E-state index in [9.17, 15) is 13.2 Å². The Labute approximate surface area is 196 Å². The number of amides is 1. The molecule has 0 atom stereocenters. The average molecular weight is 467 g/mol. The lowest BCUT2D eigenvalue weighted by Gasteiger charge is -2.23. The number of carbonyl (C=O) groups excluding carboxylic acids is 1. The molecule has 3 aromatic carbocycles. The van der Waals surface area contributed by atoms with Crippen molar-refractivity contribution in [3.05, 3.63) is 95.1 Å². The Morgan fingerprint density at radius 1 is 0.970 bits per heavy atom. The van der Waals surface area contributed by atoms with Crippen molar-refractivity contribution in [3.8, 4) is 5.75 Å². The van der Waals surface area contributed by atoms with Crippen LogP contribution in [-0.2, 0) is 23.0 Å². The zero-order chi connectivity index (χ0) is 23.8. The molecule has 0 spiro atoms. The van der Waals surface area contributed by atoms with Gasteiger partial charge in [-0.3, -0.25) is 9.10 Å². The molecule has 0 unspecified atom stereocenters. The predicted molar refractivity (Wildman–Crippen MR) is 132 cm³/mol. The number of rotatable bonds is 10. The van der Waals surface area contributed by atoms with E-state index in [4.69, 9.17) is 4.74 Å². The van der Waals surface area contributed by atoms with Crippen molar-refractivity contribution < 1.29 is 17.9 Å². The second-order valence-corrected chi connectivity index (χ2v) is 9.81. The van der Waals surface area contributed by atoms with E-state index in [0.717, 1.165) is 23.3 Å². The van der Waals surface area contributed by atoms with Gasteiger partial charge in [0.2, 0.25) is 10.0 Å². The molecular formula is C26H30N2O4S. The molecule has 3 aromatic rings. The third-order valence-electron chi connectivity index (χ3n) is 5.22. The van der Waals surface area contributed by atoms with Crippen LogP contribution >= 0.6 is 0 Å². The molecule has 0 aliphatic rings. The zero-order valence-electron chi connectivity index (χ0n) is 19.2. The van der Waals surface area contributed by atoms with Gasteiger partial charge < -0.3 is 10.1 Å². The molecule has 0 bridgehead atoms. The van der Waals surface area contributed by atoms with Crippen LogP contribution in [0.5, 0.6) is 5.75 Å². The number of hydrogen-bond acceptors (Lipinski definition) is 4. The van der Waals surface area contributed by atoms with E-state index in [1.54, 1.807) is 30.3 Å². The Morgan fingerprint density at radius 2 is 1.64 bits per heavy atom. The molecule has 0 saturated heterocycles. The minimum atomic E-state index is -3.46. The first-order chi connectivity index (χ1) is 15.8. The minimum absolute atomic E-state index is 0.189. The molecule has 1 N–H and O–H groups in total. The zero-order valence-corrected chi connectivity index (χ0v) is 20.1. The Kier molecular flexibility index (Phi) is 8.11. The van der Waals surface area contributed by atoms with Gasteiger partial charge in [-0.1, -0.05) is 43.3 Å². The third kappa shape index (κ3) is 7.08. The van der Waals surface area contributed by atoms with E-state index in [1.165, 1.54) is 16.1 Å². The van der Waals surface area contributed by atoms with Crippen molar-refractivity contribution in [2.45, 2.75) is 26.8 Å². The van der Waals surface area contributed by atoms with Crippen molar-refractivity contribution in [1.29, 1.82) is 0 Å². The van der Waals surface area contributed by atoms with Crippen LogP contribution < -0.4 is 14.4 Å². The summed E-state index contributed by atoms with van der Waals surface area (Å²) in [7, 11) is -3.46. The fourth-order valence-electron chi connectivity index (χ4n) is 3.37. The predicted octanol–water partition coefficient (Wildman–Crippen LogP) is 4.33. The summed E-state index contributed by atoms with van der Waals surface area (Å²) >= 11 is 0. The number of hydrogen-bond donors (Lipinski definition) is 1. The highest BCUT2D eigenvalue weighted by atomic mass is 32.2. The van der Waals surface area contributed by atoms with Crippen LogP contribution in [0.3, 0.4) is 0 Å². The van der Waals surface area contributed by atoms with Crippen LogP contribution in [0.15, 0.2) is 72.8 Å². The van der Waals surface area contributed by atoms with Gasteiger partial charge >= 0.3 is 0 Å². The Morgan fingerprint density at radius 3 is 2.24 bits per heavy atom. The molecule has 0 fully saturated rings. The number of anilines is 1. The maximum Gasteiger partial charge on any atom is 0.251 e. The average Bonchev–Trinajstić information content (AvgIpc) is 2.80. The molecular weight excluding hydrogens is 436 g/mol. The summed E-state index contributed by atoms with van der Waals surface area (Å²) in [5.41, 5.74) is 4.14. The van der Waals surface area contributed by atoms with Gasteiger partial charge in [0.05, 0.1) is 25.0 Å². The largest absolute Gasteiger partial charge is 0.492 e. The summed E-state index contributed by atoms with van der Waals surface area (Å²) < 4.78 is 31.7. The monoisotopic (exact) mass is 466 g/mol. The number of nitrogens with zero attached hydrogens (tertiary/aromatic N) is 1. The number of aryl methyl sites for hydroxylation is 2. The van der Waals surface area contributed by atoms with Crippen LogP contribution in [0.25, 0.3) is 0 Å². The molecule has 0 saturated carbocycles. The van der Waals surface area contributed by atoms with Gasteiger partial charge in [-0.25, -0.2) is 8.42 Å². The van der Waals surface area contributed by atoms with Crippen molar-refractivity contribution >= 4 is 21.6 Å². The summed E-state index contributed by atoms with van der Waals surface area (Å²) in [5.74, 6) is 0.569. The van der Waals surface area contributed by atoms with Crippen LogP contribution in [0.4, 0.5) is 5.69 Å². The molecule has 0 aliphatic heterocycles. The first-order valence-electron chi connectivity index (χ1n) is 10.9. The molecule has 0 aliphatic carbocycles. The number of carbonyl (C=O) groups is 1. The molecule has 174 valence electrons. The Bertz CT molecular complexity index is 1170. The van der Waals surface area contributed by atoms with Gasteiger partial charge in [-0.05, 0) is 66.4 Å². The molecule has 33 heavy (non-hydrogen) atoms. The van der Waals surface area contributed by atoms with Gasteiger partial charge in [0.15, 0.2) is 0 Å². The topological polar surface area (TPSA) is 75.7 Å². The van der Waals surface area contributed by atoms with Gasteiger partial charge in [0.25, 0.3) is 5.91 Å². The van der Waals surface area contributed by atoms with E-state index in [1.807, 2.05) is 49.4 Å². The van der Waals surface area contributed by atoms with Gasteiger partial charge in [0, 0.05) is 5.56 Å². The van der Waals surface area contributed by atoms with Crippen LogP contribution in [0.1, 0.15) is 34.0 Å². The second kappa shape index (κ2) is 11.0. The van der Waals surface area contributed by atoms with Crippen LogP contribution in [0.2, 0.25) is 0 Å². The summed E-state index contributed by atoms with van der Waals surface area (Å²) in [6, 6.07) is 22.2. The lowest BCUT2D eigenvalue weighted by Crippen LogP contribution is -2.29. The first kappa shape index (κ1) is 24.3. The molecule has 3 rings (SSSR count). The van der Waals surface area contributed by atoms with E-state index in [2.05, 4.69) is 12.2 Å².